The third kappa shape index (κ3) is 4.20. The normalized spacial score (nSPS) is 12.2. The van der Waals surface area contributed by atoms with E-state index < -0.39 is 0 Å². The monoisotopic (exact) mass is 709 g/mol. The zero-order valence-corrected chi connectivity index (χ0v) is 29.9. The number of thiophene rings is 2. The molecule has 8 aromatic carbocycles. The van der Waals surface area contributed by atoms with E-state index in [4.69, 9.17) is 9.97 Å². The van der Waals surface area contributed by atoms with Gasteiger partial charge in [-0.2, -0.15) is 0 Å². The molecule has 0 saturated carbocycles. The predicted molar refractivity (Wildman–Crippen MR) is 228 cm³/mol. The molecule has 4 aromatic heterocycles. The maximum Gasteiger partial charge on any atom is 0.143 e. The Kier molecular flexibility index (Phi) is 6.09. The summed E-state index contributed by atoms with van der Waals surface area (Å²) in [5.74, 6) is 0. The highest BCUT2D eigenvalue weighted by Gasteiger charge is 2.23. The fourth-order valence-corrected chi connectivity index (χ4v) is 10.7. The van der Waals surface area contributed by atoms with E-state index in [0.29, 0.717) is 0 Å². The van der Waals surface area contributed by atoms with Gasteiger partial charge in [-0.25, -0.2) is 9.97 Å². The highest BCUT2D eigenvalue weighted by atomic mass is 32.1. The zero-order valence-electron chi connectivity index (χ0n) is 28.2. The molecule has 5 heteroatoms. The van der Waals surface area contributed by atoms with Crippen LogP contribution in [0.5, 0.6) is 0 Å². The Bertz CT molecular complexity index is 3440. The minimum atomic E-state index is 0.897. The molecular formula is C48H27N3S2. The van der Waals surface area contributed by atoms with Crippen molar-refractivity contribution in [3.05, 3.63) is 164 Å². The van der Waals surface area contributed by atoms with Crippen LogP contribution in [0.3, 0.4) is 0 Å². The van der Waals surface area contributed by atoms with Gasteiger partial charge in [0, 0.05) is 53.1 Å². The lowest BCUT2D eigenvalue weighted by molar-refractivity contribution is 1.19. The molecule has 0 spiro atoms. The minimum absolute atomic E-state index is 0.897. The highest BCUT2D eigenvalue weighted by molar-refractivity contribution is 7.27. The van der Waals surface area contributed by atoms with Gasteiger partial charge in [-0.15, -0.1) is 22.7 Å². The molecule has 4 heterocycles. The SMILES string of the molecule is c1ccc(-c2nc3c(nc2-c2ccc(-n4c5ccccc5c5c6ccccc6c6c7cc8ccccc8cc7sc6c54)cc2)sc2ccccc23)cc1. The Morgan fingerprint density at radius 2 is 1.06 bits per heavy atom. The molecule has 12 aromatic rings. The molecule has 0 radical (unpaired) electrons. The van der Waals surface area contributed by atoms with Gasteiger partial charge in [-0.3, -0.25) is 0 Å². The van der Waals surface area contributed by atoms with Crippen LogP contribution in [0.25, 0.3) is 112 Å². The molecule has 0 aliphatic heterocycles. The molecule has 0 atom stereocenters. The van der Waals surface area contributed by atoms with Gasteiger partial charge in [0.1, 0.15) is 10.3 Å². The molecule has 0 saturated heterocycles. The van der Waals surface area contributed by atoms with Crippen LogP contribution >= 0.6 is 22.7 Å². The lowest BCUT2D eigenvalue weighted by atomic mass is 9.98. The standard InChI is InChI=1S/C48H27N3S2/c1-2-12-28(13-3-1)43-44(50-48-45(49-43)36-19-9-11-21-39(36)53-48)29-22-24-32(25-23-29)51-38-20-10-8-18-35(38)41-33-16-6-7-17-34(33)42-37-26-30-14-4-5-15-31(30)27-40(37)52-47(42)46(41)51/h1-27H. The number of nitrogens with zero attached hydrogens (tertiary/aromatic N) is 3. The van der Waals surface area contributed by atoms with Crippen LogP contribution in [0.2, 0.25) is 0 Å². The molecular weight excluding hydrogens is 683 g/mol. The fraction of sp³-hybridized carbons (Fsp3) is 0. The Morgan fingerprint density at radius 1 is 0.434 bits per heavy atom. The van der Waals surface area contributed by atoms with Crippen molar-refractivity contribution in [3.63, 3.8) is 0 Å². The van der Waals surface area contributed by atoms with Crippen LogP contribution in [0.4, 0.5) is 0 Å². The Hall–Kier alpha value is -6.40. The van der Waals surface area contributed by atoms with Crippen LogP contribution in [0, 0.1) is 0 Å². The molecule has 3 nitrogen and oxygen atoms in total. The second kappa shape index (κ2) is 11.1. The first-order valence-corrected chi connectivity index (χ1v) is 19.5. The average Bonchev–Trinajstić information content (AvgIpc) is 3.89. The summed E-state index contributed by atoms with van der Waals surface area (Å²) in [6.45, 7) is 0. The lowest BCUT2D eigenvalue weighted by Gasteiger charge is -2.12. The van der Waals surface area contributed by atoms with E-state index in [0.717, 1.165) is 43.9 Å². The van der Waals surface area contributed by atoms with Crippen molar-refractivity contribution < 1.29 is 0 Å². The van der Waals surface area contributed by atoms with Gasteiger partial charge < -0.3 is 4.57 Å². The Labute approximate surface area is 311 Å². The van der Waals surface area contributed by atoms with Crippen molar-refractivity contribution in [2.45, 2.75) is 0 Å². The fourth-order valence-electron chi connectivity index (χ4n) is 8.42. The first kappa shape index (κ1) is 29.2. The number of para-hydroxylation sites is 1. The molecule has 0 bridgehead atoms. The van der Waals surface area contributed by atoms with Crippen molar-refractivity contribution in [1.82, 2.24) is 14.5 Å². The third-order valence-electron chi connectivity index (χ3n) is 10.8. The molecule has 0 aliphatic rings. The third-order valence-corrected chi connectivity index (χ3v) is 13.0. The summed E-state index contributed by atoms with van der Waals surface area (Å²) in [7, 11) is 0. The highest BCUT2D eigenvalue weighted by Crippen LogP contribution is 2.48. The van der Waals surface area contributed by atoms with E-state index in [-0.39, 0.29) is 0 Å². The van der Waals surface area contributed by atoms with E-state index in [9.17, 15) is 0 Å². The molecule has 53 heavy (non-hydrogen) atoms. The van der Waals surface area contributed by atoms with E-state index in [1.807, 2.05) is 11.3 Å². The minimum Gasteiger partial charge on any atom is -0.308 e. The second-order valence-corrected chi connectivity index (χ2v) is 15.8. The van der Waals surface area contributed by atoms with E-state index in [1.54, 1.807) is 11.3 Å². The number of rotatable bonds is 3. The number of fused-ring (bicyclic) bond motifs is 14. The summed E-state index contributed by atoms with van der Waals surface area (Å²) < 4.78 is 6.31. The van der Waals surface area contributed by atoms with E-state index in [2.05, 4.69) is 168 Å². The van der Waals surface area contributed by atoms with Gasteiger partial charge in [-0.1, -0.05) is 127 Å². The number of hydrogen-bond acceptors (Lipinski definition) is 4. The summed E-state index contributed by atoms with van der Waals surface area (Å²) in [4.78, 5) is 11.6. The van der Waals surface area contributed by atoms with Crippen LogP contribution in [0.15, 0.2) is 164 Å². The largest absolute Gasteiger partial charge is 0.308 e. The van der Waals surface area contributed by atoms with Crippen molar-refractivity contribution in [2.24, 2.45) is 0 Å². The van der Waals surface area contributed by atoms with Gasteiger partial charge in [-0.05, 0) is 57.9 Å². The van der Waals surface area contributed by atoms with Crippen LogP contribution in [-0.4, -0.2) is 14.5 Å². The lowest BCUT2D eigenvalue weighted by Crippen LogP contribution is -1.96. The molecule has 246 valence electrons. The molecule has 0 unspecified atom stereocenters. The summed E-state index contributed by atoms with van der Waals surface area (Å²) in [6, 6.07) is 59.2. The van der Waals surface area contributed by atoms with Crippen molar-refractivity contribution in [1.29, 1.82) is 0 Å². The topological polar surface area (TPSA) is 30.7 Å². The van der Waals surface area contributed by atoms with Gasteiger partial charge in [0.25, 0.3) is 0 Å². The average molecular weight is 710 g/mol. The summed E-state index contributed by atoms with van der Waals surface area (Å²) >= 11 is 3.62. The molecule has 0 amide bonds. The zero-order chi connectivity index (χ0) is 34.6. The predicted octanol–water partition coefficient (Wildman–Crippen LogP) is 13.9. The van der Waals surface area contributed by atoms with Crippen LogP contribution < -0.4 is 0 Å². The number of aromatic nitrogens is 3. The van der Waals surface area contributed by atoms with Crippen molar-refractivity contribution >= 4 is 107 Å². The Morgan fingerprint density at radius 3 is 1.87 bits per heavy atom. The van der Waals surface area contributed by atoms with Crippen molar-refractivity contribution in [3.8, 4) is 28.2 Å². The van der Waals surface area contributed by atoms with E-state index >= 15 is 0 Å². The number of hydrogen-bond donors (Lipinski definition) is 0. The van der Waals surface area contributed by atoms with Gasteiger partial charge in [0.15, 0.2) is 0 Å². The molecule has 12 rings (SSSR count). The van der Waals surface area contributed by atoms with Gasteiger partial charge in [0.2, 0.25) is 0 Å². The quantitative estimate of drug-likeness (QED) is 0.183. The van der Waals surface area contributed by atoms with Crippen molar-refractivity contribution in [2.75, 3.05) is 0 Å². The molecule has 0 fully saturated rings. The summed E-state index contributed by atoms with van der Waals surface area (Å²) in [5, 5.41) is 11.5. The van der Waals surface area contributed by atoms with Crippen LogP contribution in [-0.2, 0) is 0 Å². The summed E-state index contributed by atoms with van der Waals surface area (Å²) in [6.07, 6.45) is 0. The van der Waals surface area contributed by atoms with Gasteiger partial charge in [0.05, 0.1) is 27.1 Å². The first-order valence-electron chi connectivity index (χ1n) is 17.8. The maximum absolute atomic E-state index is 5.32. The van der Waals surface area contributed by atoms with Crippen LogP contribution in [0.1, 0.15) is 0 Å². The number of benzene rings is 8. The Balaban J connectivity index is 1.14. The molecule has 0 aliphatic carbocycles. The molecule has 0 N–H and O–H groups in total. The smallest absolute Gasteiger partial charge is 0.143 e. The van der Waals surface area contributed by atoms with Gasteiger partial charge >= 0.3 is 0 Å². The summed E-state index contributed by atoms with van der Waals surface area (Å²) in [5.41, 5.74) is 8.45. The van der Waals surface area contributed by atoms with E-state index in [1.165, 1.54) is 68.2 Å². The first-order chi connectivity index (χ1) is 26.3. The maximum atomic E-state index is 5.32. The second-order valence-electron chi connectivity index (χ2n) is 13.7.